The first-order chi connectivity index (χ1) is 14.5. The fraction of sp³-hybridized carbons (Fsp3) is 0.545. The topological polar surface area (TPSA) is 108 Å². The normalized spacial score (nSPS) is 26.7. The number of fused-ring (bicyclic) bond motifs is 1. The first-order valence-electron chi connectivity index (χ1n) is 10.7. The summed E-state index contributed by atoms with van der Waals surface area (Å²) < 4.78 is 0. The van der Waals surface area contributed by atoms with Gasteiger partial charge in [-0.3, -0.25) is 29.4 Å². The molecule has 0 radical (unpaired) electrons. The van der Waals surface area contributed by atoms with E-state index < -0.39 is 23.8 Å². The fourth-order valence-electron chi connectivity index (χ4n) is 4.76. The minimum Gasteiger partial charge on any atom is -0.314 e. The Balaban J connectivity index is 1.41. The quantitative estimate of drug-likeness (QED) is 0.474. The molecule has 3 atom stereocenters. The number of hydrogen-bond donors (Lipinski definition) is 3. The van der Waals surface area contributed by atoms with Crippen molar-refractivity contribution in [2.45, 2.75) is 57.7 Å². The van der Waals surface area contributed by atoms with Crippen LogP contribution in [-0.4, -0.2) is 53.7 Å². The molecule has 0 spiro atoms. The Morgan fingerprint density at radius 2 is 1.97 bits per heavy atom. The molecule has 30 heavy (non-hydrogen) atoms. The highest BCUT2D eigenvalue weighted by molar-refractivity contribution is 6.24. The molecule has 3 aliphatic heterocycles. The van der Waals surface area contributed by atoms with Gasteiger partial charge >= 0.3 is 0 Å². The second-order valence-corrected chi connectivity index (χ2v) is 8.50. The lowest BCUT2D eigenvalue weighted by Crippen LogP contribution is -2.54. The molecular weight excluding hydrogens is 384 g/mol. The zero-order valence-corrected chi connectivity index (χ0v) is 17.2. The summed E-state index contributed by atoms with van der Waals surface area (Å²) in [4.78, 5) is 50.6. The standard InChI is InChI=1S/C22H28N4O4/c1-13-11-14(8-10-24-13)7-9-23-12-15-3-2-4-16-19(15)22(30)26(21(16)29)17-5-6-18(27)25-20(17)28/h2-4,13-14,17,23-24H,5-12H2,1H3,(H,25,27,28). The second kappa shape index (κ2) is 8.65. The van der Waals surface area contributed by atoms with Gasteiger partial charge in [-0.2, -0.15) is 0 Å². The highest BCUT2D eigenvalue weighted by Crippen LogP contribution is 2.30. The molecule has 8 nitrogen and oxygen atoms in total. The van der Waals surface area contributed by atoms with Crippen LogP contribution >= 0.6 is 0 Å². The summed E-state index contributed by atoms with van der Waals surface area (Å²) in [5.74, 6) is -1.18. The molecule has 1 aromatic carbocycles. The largest absolute Gasteiger partial charge is 0.314 e. The van der Waals surface area contributed by atoms with Crippen LogP contribution in [0, 0.1) is 5.92 Å². The van der Waals surface area contributed by atoms with Gasteiger partial charge in [-0.1, -0.05) is 12.1 Å². The fourth-order valence-corrected chi connectivity index (χ4v) is 4.76. The molecule has 0 aromatic heterocycles. The number of carbonyl (C=O) groups is 4. The highest BCUT2D eigenvalue weighted by atomic mass is 16.2. The summed E-state index contributed by atoms with van der Waals surface area (Å²) in [5.41, 5.74) is 1.46. The summed E-state index contributed by atoms with van der Waals surface area (Å²) in [6.07, 6.45) is 3.72. The zero-order chi connectivity index (χ0) is 21.3. The summed E-state index contributed by atoms with van der Waals surface area (Å²) in [6.45, 7) is 4.61. The predicted molar refractivity (Wildman–Crippen MR) is 110 cm³/mol. The number of rotatable bonds is 6. The van der Waals surface area contributed by atoms with Crippen LogP contribution in [0.25, 0.3) is 0 Å². The van der Waals surface area contributed by atoms with Gasteiger partial charge < -0.3 is 10.6 Å². The van der Waals surface area contributed by atoms with Gasteiger partial charge in [0.1, 0.15) is 6.04 Å². The van der Waals surface area contributed by atoms with Gasteiger partial charge in [0.05, 0.1) is 11.1 Å². The van der Waals surface area contributed by atoms with E-state index in [1.165, 1.54) is 12.8 Å². The minimum absolute atomic E-state index is 0.119. The lowest BCUT2D eigenvalue weighted by atomic mass is 9.90. The van der Waals surface area contributed by atoms with E-state index in [2.05, 4.69) is 22.9 Å². The second-order valence-electron chi connectivity index (χ2n) is 8.50. The van der Waals surface area contributed by atoms with Crippen molar-refractivity contribution in [1.82, 2.24) is 20.9 Å². The van der Waals surface area contributed by atoms with Gasteiger partial charge in [-0.25, -0.2) is 0 Å². The van der Waals surface area contributed by atoms with Gasteiger partial charge in [-0.15, -0.1) is 0 Å². The van der Waals surface area contributed by atoms with Gasteiger partial charge in [0.2, 0.25) is 11.8 Å². The lowest BCUT2D eigenvalue weighted by molar-refractivity contribution is -0.136. The van der Waals surface area contributed by atoms with Gasteiger partial charge in [0.15, 0.2) is 0 Å². The number of piperidine rings is 2. The van der Waals surface area contributed by atoms with Gasteiger partial charge in [0, 0.05) is 19.0 Å². The monoisotopic (exact) mass is 412 g/mol. The maximum atomic E-state index is 13.1. The molecule has 3 N–H and O–H groups in total. The van der Waals surface area contributed by atoms with Crippen LogP contribution in [0.1, 0.15) is 65.3 Å². The SMILES string of the molecule is CC1CC(CCNCc2cccc3c2C(=O)N(C2CCC(=O)NC2=O)C3=O)CCN1. The van der Waals surface area contributed by atoms with E-state index in [-0.39, 0.29) is 18.7 Å². The van der Waals surface area contributed by atoms with Crippen LogP contribution in [0.5, 0.6) is 0 Å². The summed E-state index contributed by atoms with van der Waals surface area (Å²) >= 11 is 0. The third kappa shape index (κ3) is 4.02. The molecular formula is C22H28N4O4. The molecule has 0 saturated carbocycles. The van der Waals surface area contributed by atoms with Crippen molar-refractivity contribution < 1.29 is 19.2 Å². The number of imide groups is 2. The maximum Gasteiger partial charge on any atom is 0.262 e. The van der Waals surface area contributed by atoms with E-state index in [9.17, 15) is 19.2 Å². The number of nitrogens with one attached hydrogen (secondary N) is 3. The van der Waals surface area contributed by atoms with Crippen LogP contribution in [0.15, 0.2) is 18.2 Å². The first kappa shape index (κ1) is 20.7. The molecule has 4 amide bonds. The van der Waals surface area contributed by atoms with Crippen molar-refractivity contribution in [3.63, 3.8) is 0 Å². The van der Waals surface area contributed by atoms with Crippen LogP contribution in [0.4, 0.5) is 0 Å². The Hall–Kier alpha value is -2.58. The molecule has 3 heterocycles. The van der Waals surface area contributed by atoms with Crippen LogP contribution in [0.2, 0.25) is 0 Å². The van der Waals surface area contributed by atoms with Crippen molar-refractivity contribution in [2.24, 2.45) is 5.92 Å². The molecule has 1 aromatic rings. The number of carbonyl (C=O) groups excluding carboxylic acids is 4. The number of nitrogens with zero attached hydrogens (tertiary/aromatic N) is 1. The molecule has 160 valence electrons. The van der Waals surface area contributed by atoms with Gasteiger partial charge in [-0.05, 0) is 63.2 Å². The Labute approximate surface area is 175 Å². The molecule has 4 rings (SSSR count). The predicted octanol–water partition coefficient (Wildman–Crippen LogP) is 0.956. The van der Waals surface area contributed by atoms with Crippen molar-refractivity contribution in [3.8, 4) is 0 Å². The maximum absolute atomic E-state index is 13.1. The van der Waals surface area contributed by atoms with Crippen molar-refractivity contribution in [1.29, 1.82) is 0 Å². The molecule has 3 aliphatic rings. The van der Waals surface area contributed by atoms with Crippen LogP contribution < -0.4 is 16.0 Å². The van der Waals surface area contributed by atoms with Crippen molar-refractivity contribution >= 4 is 23.6 Å². The molecule has 0 aliphatic carbocycles. The van der Waals surface area contributed by atoms with E-state index in [4.69, 9.17) is 0 Å². The third-order valence-electron chi connectivity index (χ3n) is 6.33. The number of amides is 4. The number of hydrogen-bond acceptors (Lipinski definition) is 6. The molecule has 2 fully saturated rings. The average Bonchev–Trinajstić information content (AvgIpc) is 2.97. The van der Waals surface area contributed by atoms with Crippen LogP contribution in [-0.2, 0) is 16.1 Å². The van der Waals surface area contributed by atoms with Crippen LogP contribution in [0.3, 0.4) is 0 Å². The van der Waals surface area contributed by atoms with Gasteiger partial charge in [0.25, 0.3) is 11.8 Å². The molecule has 0 bridgehead atoms. The summed E-state index contributed by atoms with van der Waals surface area (Å²) in [6, 6.07) is 4.86. The Morgan fingerprint density at radius 3 is 2.73 bits per heavy atom. The molecule has 2 saturated heterocycles. The first-order valence-corrected chi connectivity index (χ1v) is 10.7. The zero-order valence-electron chi connectivity index (χ0n) is 17.2. The smallest absolute Gasteiger partial charge is 0.262 e. The summed E-state index contributed by atoms with van der Waals surface area (Å²) in [7, 11) is 0. The van der Waals surface area contributed by atoms with E-state index in [1.54, 1.807) is 12.1 Å². The average molecular weight is 412 g/mol. The van der Waals surface area contributed by atoms with Crippen molar-refractivity contribution in [3.05, 3.63) is 34.9 Å². The molecule has 8 heteroatoms. The Kier molecular flexibility index (Phi) is 5.97. The Morgan fingerprint density at radius 1 is 1.13 bits per heavy atom. The van der Waals surface area contributed by atoms with Crippen molar-refractivity contribution in [2.75, 3.05) is 13.1 Å². The lowest BCUT2D eigenvalue weighted by Gasteiger charge is -2.28. The number of benzene rings is 1. The van der Waals surface area contributed by atoms with E-state index in [0.29, 0.717) is 29.6 Å². The van der Waals surface area contributed by atoms with E-state index in [1.807, 2.05) is 6.07 Å². The molecule has 3 unspecified atom stereocenters. The summed E-state index contributed by atoms with van der Waals surface area (Å²) in [5, 5.41) is 9.10. The minimum atomic E-state index is -0.933. The third-order valence-corrected chi connectivity index (χ3v) is 6.33. The van der Waals surface area contributed by atoms with E-state index >= 15 is 0 Å². The highest BCUT2D eigenvalue weighted by Gasteiger charge is 2.45. The van der Waals surface area contributed by atoms with E-state index in [0.717, 1.165) is 30.0 Å². The Bertz CT molecular complexity index is 884.